The zero-order valence-corrected chi connectivity index (χ0v) is 11.2. The summed E-state index contributed by atoms with van der Waals surface area (Å²) in [7, 11) is 0. The van der Waals surface area contributed by atoms with Crippen LogP contribution in [-0.4, -0.2) is 19.0 Å². The van der Waals surface area contributed by atoms with E-state index in [1.54, 1.807) is 11.3 Å². The normalized spacial score (nSPS) is 25.8. The monoisotopic (exact) mass is 252 g/mol. The number of hydrogen-bond acceptors (Lipinski definition) is 3. The van der Waals surface area contributed by atoms with Crippen LogP contribution >= 0.6 is 11.3 Å². The van der Waals surface area contributed by atoms with Crippen molar-refractivity contribution in [2.45, 2.75) is 26.3 Å². The highest BCUT2D eigenvalue weighted by atomic mass is 32.1. The van der Waals surface area contributed by atoms with Crippen LogP contribution in [-0.2, 0) is 4.79 Å². The van der Waals surface area contributed by atoms with Crippen molar-refractivity contribution in [2.24, 2.45) is 11.8 Å². The Morgan fingerprint density at radius 1 is 1.65 bits per heavy atom. The van der Waals surface area contributed by atoms with Gasteiger partial charge in [-0.1, -0.05) is 19.9 Å². The summed E-state index contributed by atoms with van der Waals surface area (Å²) in [5.74, 6) is 0.766. The maximum atomic E-state index is 12.2. The second kappa shape index (κ2) is 5.65. The second-order valence-electron chi connectivity index (χ2n) is 4.73. The molecule has 0 saturated carbocycles. The van der Waals surface area contributed by atoms with Crippen molar-refractivity contribution in [1.29, 1.82) is 0 Å². The molecule has 2 N–H and O–H groups in total. The van der Waals surface area contributed by atoms with Gasteiger partial charge in [0.25, 0.3) is 0 Å². The third-order valence-corrected chi connectivity index (χ3v) is 4.45. The number of carbonyl (C=O) groups is 1. The molecule has 3 atom stereocenters. The van der Waals surface area contributed by atoms with Crippen LogP contribution in [0, 0.1) is 11.8 Å². The van der Waals surface area contributed by atoms with Crippen LogP contribution in [0.3, 0.4) is 0 Å². The topological polar surface area (TPSA) is 41.1 Å². The van der Waals surface area contributed by atoms with Crippen molar-refractivity contribution < 1.29 is 4.79 Å². The molecule has 4 heteroatoms. The van der Waals surface area contributed by atoms with Crippen molar-refractivity contribution >= 4 is 17.2 Å². The van der Waals surface area contributed by atoms with Gasteiger partial charge in [0.15, 0.2) is 0 Å². The number of nitrogens with one attached hydrogen (secondary N) is 2. The van der Waals surface area contributed by atoms with Crippen molar-refractivity contribution in [3.63, 3.8) is 0 Å². The Hall–Kier alpha value is -0.870. The molecule has 0 aromatic carbocycles. The van der Waals surface area contributed by atoms with Gasteiger partial charge in [-0.3, -0.25) is 4.79 Å². The molecule has 17 heavy (non-hydrogen) atoms. The Balaban J connectivity index is 1.97. The lowest BCUT2D eigenvalue weighted by Crippen LogP contribution is -2.36. The molecule has 0 bridgehead atoms. The Labute approximate surface area is 107 Å². The summed E-state index contributed by atoms with van der Waals surface area (Å²) in [5.41, 5.74) is 0. The van der Waals surface area contributed by atoms with Crippen LogP contribution < -0.4 is 10.6 Å². The van der Waals surface area contributed by atoms with Crippen LogP contribution in [0.5, 0.6) is 0 Å². The van der Waals surface area contributed by atoms with E-state index in [0.29, 0.717) is 5.92 Å². The van der Waals surface area contributed by atoms with Crippen molar-refractivity contribution in [2.75, 3.05) is 13.1 Å². The van der Waals surface area contributed by atoms with Crippen molar-refractivity contribution in [3.05, 3.63) is 22.4 Å². The fraction of sp³-hybridized carbons (Fsp3) is 0.615. The van der Waals surface area contributed by atoms with Crippen LogP contribution in [0.15, 0.2) is 17.5 Å². The van der Waals surface area contributed by atoms with Crippen LogP contribution in [0.4, 0.5) is 0 Å². The summed E-state index contributed by atoms with van der Waals surface area (Å²) in [4.78, 5) is 13.4. The summed E-state index contributed by atoms with van der Waals surface area (Å²) < 4.78 is 0. The molecule has 1 aliphatic heterocycles. The van der Waals surface area contributed by atoms with E-state index in [1.807, 2.05) is 6.07 Å². The van der Waals surface area contributed by atoms with Crippen molar-refractivity contribution in [3.8, 4) is 0 Å². The maximum Gasteiger partial charge on any atom is 0.225 e. The molecule has 1 aromatic heterocycles. The van der Waals surface area contributed by atoms with Gasteiger partial charge in [-0.25, -0.2) is 0 Å². The fourth-order valence-electron chi connectivity index (χ4n) is 2.30. The lowest BCUT2D eigenvalue weighted by molar-refractivity contribution is -0.126. The predicted molar refractivity (Wildman–Crippen MR) is 71.0 cm³/mol. The Morgan fingerprint density at radius 2 is 2.47 bits per heavy atom. The van der Waals surface area contributed by atoms with Crippen molar-refractivity contribution in [1.82, 2.24) is 10.6 Å². The van der Waals surface area contributed by atoms with Gasteiger partial charge in [0.05, 0.1) is 12.0 Å². The molecule has 3 nitrogen and oxygen atoms in total. The van der Waals surface area contributed by atoms with Gasteiger partial charge in [-0.05, 0) is 30.3 Å². The standard InChI is InChI=1S/C13H20N2OS/c1-3-11(12-5-4-6-17-12)15-13(16)10-8-14-7-9(10)2/h4-6,9-11,14H,3,7-8H2,1-2H3,(H,15,16). The Kier molecular flexibility index (Phi) is 4.18. The minimum absolute atomic E-state index is 0.129. The zero-order chi connectivity index (χ0) is 12.3. The summed E-state index contributed by atoms with van der Waals surface area (Å²) in [6.45, 7) is 6.01. The fourth-order valence-corrected chi connectivity index (χ4v) is 3.17. The van der Waals surface area contributed by atoms with E-state index in [0.717, 1.165) is 19.5 Å². The number of rotatable bonds is 4. The summed E-state index contributed by atoms with van der Waals surface area (Å²) in [6, 6.07) is 4.31. The molecule has 1 saturated heterocycles. The first-order valence-electron chi connectivity index (χ1n) is 6.26. The van der Waals surface area contributed by atoms with Crippen LogP contribution in [0.2, 0.25) is 0 Å². The first-order valence-corrected chi connectivity index (χ1v) is 7.14. The zero-order valence-electron chi connectivity index (χ0n) is 10.4. The molecule has 0 aliphatic carbocycles. The molecule has 1 aromatic rings. The SMILES string of the molecule is CCC(NC(=O)C1CNCC1C)c1cccs1. The predicted octanol–water partition coefficient (Wildman–Crippen LogP) is 2.17. The third kappa shape index (κ3) is 2.87. The van der Waals surface area contributed by atoms with E-state index in [1.165, 1.54) is 4.88 Å². The first-order chi connectivity index (χ1) is 8.22. The second-order valence-corrected chi connectivity index (χ2v) is 5.71. The number of carbonyl (C=O) groups excluding carboxylic acids is 1. The van der Waals surface area contributed by atoms with Gasteiger partial charge in [-0.2, -0.15) is 0 Å². The van der Waals surface area contributed by atoms with E-state index in [4.69, 9.17) is 0 Å². The number of amides is 1. The van der Waals surface area contributed by atoms with E-state index < -0.39 is 0 Å². The molecule has 1 amide bonds. The third-order valence-electron chi connectivity index (χ3n) is 3.47. The molecule has 2 rings (SSSR count). The molecule has 1 fully saturated rings. The highest BCUT2D eigenvalue weighted by Gasteiger charge is 2.30. The van der Waals surface area contributed by atoms with Gasteiger partial charge in [-0.15, -0.1) is 11.3 Å². The van der Waals surface area contributed by atoms with E-state index >= 15 is 0 Å². The molecule has 2 heterocycles. The summed E-state index contributed by atoms with van der Waals surface area (Å²) >= 11 is 1.71. The smallest absolute Gasteiger partial charge is 0.225 e. The van der Waals surface area contributed by atoms with Gasteiger partial charge < -0.3 is 10.6 Å². The van der Waals surface area contributed by atoms with Gasteiger partial charge in [0.1, 0.15) is 0 Å². The molecule has 0 spiro atoms. The van der Waals surface area contributed by atoms with E-state index in [2.05, 4.69) is 35.9 Å². The summed E-state index contributed by atoms with van der Waals surface area (Å²) in [6.07, 6.45) is 0.945. The highest BCUT2D eigenvalue weighted by molar-refractivity contribution is 7.10. The minimum atomic E-state index is 0.129. The first kappa shape index (κ1) is 12.6. The molecular weight excluding hydrogens is 232 g/mol. The minimum Gasteiger partial charge on any atom is -0.348 e. The Morgan fingerprint density at radius 3 is 3.00 bits per heavy atom. The largest absolute Gasteiger partial charge is 0.348 e. The lowest BCUT2D eigenvalue weighted by Gasteiger charge is -2.20. The van der Waals surface area contributed by atoms with E-state index in [-0.39, 0.29) is 17.9 Å². The molecule has 0 radical (unpaired) electrons. The van der Waals surface area contributed by atoms with Crippen LogP contribution in [0.1, 0.15) is 31.2 Å². The summed E-state index contributed by atoms with van der Waals surface area (Å²) in [5, 5.41) is 8.50. The quantitative estimate of drug-likeness (QED) is 0.862. The maximum absolute atomic E-state index is 12.2. The van der Waals surface area contributed by atoms with Crippen LogP contribution in [0.25, 0.3) is 0 Å². The average molecular weight is 252 g/mol. The van der Waals surface area contributed by atoms with Gasteiger partial charge >= 0.3 is 0 Å². The number of thiophene rings is 1. The molecular formula is C13H20N2OS. The van der Waals surface area contributed by atoms with Gasteiger partial charge in [0, 0.05) is 11.4 Å². The molecule has 1 aliphatic rings. The Bertz CT molecular complexity index is 364. The molecule has 3 unspecified atom stereocenters. The number of hydrogen-bond donors (Lipinski definition) is 2. The molecule has 94 valence electrons. The van der Waals surface area contributed by atoms with Gasteiger partial charge in [0.2, 0.25) is 5.91 Å². The van der Waals surface area contributed by atoms with E-state index in [9.17, 15) is 4.79 Å². The highest BCUT2D eigenvalue weighted by Crippen LogP contribution is 2.23. The lowest BCUT2D eigenvalue weighted by atomic mass is 9.97. The average Bonchev–Trinajstić information content (AvgIpc) is 2.96.